The maximum absolute atomic E-state index is 6.31. The molecular weight excluding hydrogens is 437 g/mol. The Morgan fingerprint density at radius 3 is 2.80 bits per heavy atom. The maximum atomic E-state index is 6.31. The van der Waals surface area contributed by atoms with Crippen molar-refractivity contribution in [1.29, 1.82) is 0 Å². The van der Waals surface area contributed by atoms with Gasteiger partial charge in [0.1, 0.15) is 6.54 Å². The first-order valence-electron chi connectivity index (χ1n) is 4.47. The maximum Gasteiger partial charge on any atom is 0.285 e. The van der Waals surface area contributed by atoms with Gasteiger partial charge in [-0.05, 0) is 41.1 Å². The molecule has 0 amide bonds. The van der Waals surface area contributed by atoms with E-state index >= 15 is 0 Å². The van der Waals surface area contributed by atoms with Gasteiger partial charge < -0.3 is 28.5 Å². The fourth-order valence-corrected chi connectivity index (χ4v) is 3.11. The van der Waals surface area contributed by atoms with Crippen LogP contribution in [0.25, 0.3) is 10.9 Å². The quantitative estimate of drug-likeness (QED) is 0.323. The van der Waals surface area contributed by atoms with Crippen LogP contribution in [0, 0.1) is 3.57 Å². The van der Waals surface area contributed by atoms with Crippen molar-refractivity contribution in [3.63, 3.8) is 0 Å². The summed E-state index contributed by atoms with van der Waals surface area (Å²) in [5, 5.41) is 1.98. The molecule has 2 aromatic rings. The van der Waals surface area contributed by atoms with Crippen molar-refractivity contribution in [3.05, 3.63) is 27.2 Å². The summed E-state index contributed by atoms with van der Waals surface area (Å²) < 4.78 is 5.35. The minimum absolute atomic E-state index is 0. The van der Waals surface area contributed by atoms with Crippen LogP contribution < -0.4 is 28.5 Å². The molecule has 0 fully saturated rings. The van der Waals surface area contributed by atoms with Gasteiger partial charge in [-0.15, -0.1) is 0 Å². The standard InChI is InChI=1S/C10H11ClIN2.HI/c1-3-14-5-4-8-9(10(14)11)7(12)6-13(8)2;/h4-6H,3H2,1-2H3;1H/q+1;/p-1. The van der Waals surface area contributed by atoms with Gasteiger partial charge in [-0.3, -0.25) is 0 Å². The zero-order valence-electron chi connectivity index (χ0n) is 8.47. The fourth-order valence-electron chi connectivity index (χ4n) is 1.62. The molecule has 0 unspecified atom stereocenters. The molecule has 0 saturated carbocycles. The van der Waals surface area contributed by atoms with E-state index in [9.17, 15) is 0 Å². The van der Waals surface area contributed by atoms with Gasteiger partial charge in [0.25, 0.3) is 5.15 Å². The summed E-state index contributed by atoms with van der Waals surface area (Å²) >= 11 is 8.62. The molecular formula is C10H11ClI2N2. The Hall–Kier alpha value is 0.440. The third-order valence-corrected chi connectivity index (χ3v) is 3.62. The van der Waals surface area contributed by atoms with E-state index in [1.807, 2.05) is 17.8 Å². The average Bonchev–Trinajstić information content (AvgIpc) is 2.44. The number of hydrogen-bond acceptors (Lipinski definition) is 0. The number of rotatable bonds is 1. The Morgan fingerprint density at radius 2 is 2.20 bits per heavy atom. The number of aryl methyl sites for hydroxylation is 2. The number of nitrogens with zero attached hydrogens (tertiary/aromatic N) is 2. The Kier molecular flexibility index (Phi) is 4.66. The highest BCUT2D eigenvalue weighted by Crippen LogP contribution is 2.26. The summed E-state index contributed by atoms with van der Waals surface area (Å²) in [6.07, 6.45) is 4.12. The van der Waals surface area contributed by atoms with E-state index in [0.29, 0.717) is 0 Å². The number of hydrogen-bond donors (Lipinski definition) is 0. The van der Waals surface area contributed by atoms with E-state index in [-0.39, 0.29) is 24.0 Å². The fraction of sp³-hybridized carbons (Fsp3) is 0.300. The lowest BCUT2D eigenvalue weighted by molar-refractivity contribution is -0.690. The van der Waals surface area contributed by atoms with Gasteiger partial charge in [-0.2, -0.15) is 4.57 Å². The van der Waals surface area contributed by atoms with Crippen LogP contribution in [0.5, 0.6) is 0 Å². The van der Waals surface area contributed by atoms with E-state index in [1.165, 1.54) is 9.09 Å². The second-order valence-corrected chi connectivity index (χ2v) is 4.76. The molecule has 0 spiro atoms. The van der Waals surface area contributed by atoms with Crippen molar-refractivity contribution in [2.75, 3.05) is 0 Å². The Morgan fingerprint density at radius 1 is 1.53 bits per heavy atom. The van der Waals surface area contributed by atoms with Gasteiger partial charge in [0.15, 0.2) is 6.20 Å². The highest BCUT2D eigenvalue weighted by Gasteiger charge is 2.16. The van der Waals surface area contributed by atoms with Crippen LogP contribution in [0.1, 0.15) is 6.92 Å². The van der Waals surface area contributed by atoms with Crippen LogP contribution in [0.4, 0.5) is 0 Å². The highest BCUT2D eigenvalue weighted by atomic mass is 127. The molecule has 0 saturated heterocycles. The zero-order chi connectivity index (χ0) is 10.3. The van der Waals surface area contributed by atoms with Gasteiger partial charge in [-0.25, -0.2) is 0 Å². The lowest BCUT2D eigenvalue weighted by Crippen LogP contribution is -3.00. The number of aromatic nitrogens is 2. The SMILES string of the molecule is CC[n+]1ccc2c(c(I)cn2C)c1Cl.[I-]. The van der Waals surface area contributed by atoms with Crippen molar-refractivity contribution in [2.45, 2.75) is 13.5 Å². The second kappa shape index (κ2) is 5.18. The molecule has 2 heterocycles. The summed E-state index contributed by atoms with van der Waals surface area (Å²) in [5.74, 6) is 0. The molecule has 0 radical (unpaired) electrons. The predicted octanol–water partition coefficient (Wildman–Crippen LogP) is -0.252. The number of pyridine rings is 1. The second-order valence-electron chi connectivity index (χ2n) is 3.24. The predicted molar refractivity (Wildman–Crippen MR) is 66.5 cm³/mol. The van der Waals surface area contributed by atoms with Crippen molar-refractivity contribution in [3.8, 4) is 0 Å². The summed E-state index contributed by atoms with van der Waals surface area (Å²) in [6, 6.07) is 2.10. The molecule has 0 bridgehead atoms. The lowest BCUT2D eigenvalue weighted by Gasteiger charge is -1.98. The molecule has 82 valence electrons. The monoisotopic (exact) mass is 448 g/mol. The van der Waals surface area contributed by atoms with Gasteiger partial charge in [-0.1, -0.05) is 0 Å². The topological polar surface area (TPSA) is 8.81 Å². The largest absolute Gasteiger partial charge is 1.00 e. The van der Waals surface area contributed by atoms with Crippen LogP contribution in [0.15, 0.2) is 18.5 Å². The molecule has 0 aromatic carbocycles. The molecule has 0 aliphatic carbocycles. The van der Waals surface area contributed by atoms with Crippen LogP contribution >= 0.6 is 34.2 Å². The van der Waals surface area contributed by atoms with Crippen molar-refractivity contribution >= 4 is 45.1 Å². The van der Waals surface area contributed by atoms with Crippen molar-refractivity contribution in [2.24, 2.45) is 7.05 Å². The average molecular weight is 448 g/mol. The van der Waals surface area contributed by atoms with Gasteiger partial charge in [0, 0.05) is 22.9 Å². The molecule has 15 heavy (non-hydrogen) atoms. The first-order valence-corrected chi connectivity index (χ1v) is 5.93. The van der Waals surface area contributed by atoms with E-state index in [4.69, 9.17) is 11.6 Å². The number of fused-ring (bicyclic) bond motifs is 1. The molecule has 0 N–H and O–H groups in total. The van der Waals surface area contributed by atoms with Gasteiger partial charge >= 0.3 is 0 Å². The van der Waals surface area contributed by atoms with Crippen LogP contribution in [0.2, 0.25) is 5.15 Å². The van der Waals surface area contributed by atoms with Crippen LogP contribution in [-0.4, -0.2) is 4.57 Å². The summed E-state index contributed by atoms with van der Waals surface area (Å²) in [5.41, 5.74) is 1.18. The summed E-state index contributed by atoms with van der Waals surface area (Å²) in [4.78, 5) is 0. The van der Waals surface area contributed by atoms with E-state index in [1.54, 1.807) is 0 Å². The van der Waals surface area contributed by atoms with E-state index in [2.05, 4.69) is 46.3 Å². The van der Waals surface area contributed by atoms with Gasteiger partial charge in [0.2, 0.25) is 0 Å². The molecule has 0 aliphatic heterocycles. The zero-order valence-corrected chi connectivity index (χ0v) is 13.5. The molecule has 2 aromatic heterocycles. The minimum Gasteiger partial charge on any atom is -1.00 e. The molecule has 0 atom stereocenters. The lowest BCUT2D eigenvalue weighted by atomic mass is 10.3. The third-order valence-electron chi connectivity index (χ3n) is 2.39. The normalized spacial score (nSPS) is 10.4. The summed E-state index contributed by atoms with van der Waals surface area (Å²) in [6.45, 7) is 2.99. The molecule has 5 heteroatoms. The molecule has 2 nitrogen and oxygen atoms in total. The Bertz CT molecular complexity index is 494. The first-order chi connectivity index (χ1) is 6.65. The van der Waals surface area contributed by atoms with Crippen molar-refractivity contribution in [1.82, 2.24) is 4.57 Å². The molecule has 0 aliphatic rings. The highest BCUT2D eigenvalue weighted by molar-refractivity contribution is 14.1. The smallest absolute Gasteiger partial charge is 0.285 e. The Balaban J connectivity index is 0.00000112. The van der Waals surface area contributed by atoms with Crippen molar-refractivity contribution < 1.29 is 28.5 Å². The van der Waals surface area contributed by atoms with Crippen LogP contribution in [-0.2, 0) is 13.6 Å². The van der Waals surface area contributed by atoms with Gasteiger partial charge in [0.05, 0.1) is 10.9 Å². The third kappa shape index (κ3) is 2.26. The molecule has 2 rings (SSSR count). The van der Waals surface area contributed by atoms with Crippen LogP contribution in [0.3, 0.4) is 0 Å². The Labute approximate surface area is 125 Å². The summed E-state index contributed by atoms with van der Waals surface area (Å²) in [7, 11) is 2.04. The number of halogens is 3. The van der Waals surface area contributed by atoms with E-state index < -0.39 is 0 Å². The first kappa shape index (κ1) is 13.5. The minimum atomic E-state index is 0. The van der Waals surface area contributed by atoms with E-state index in [0.717, 1.165) is 17.1 Å².